The van der Waals surface area contributed by atoms with Crippen LogP contribution in [0.15, 0.2) is 22.7 Å². The van der Waals surface area contributed by atoms with Crippen LogP contribution in [0.4, 0.5) is 0 Å². The molecule has 0 aromatic rings. The molecule has 0 spiro atoms. The van der Waals surface area contributed by atoms with Crippen LogP contribution >= 0.6 is 31.9 Å². The monoisotopic (exact) mass is 252 g/mol. The fraction of sp³-hybridized carbons (Fsp3) is 0.333. The van der Waals surface area contributed by atoms with Gasteiger partial charge in [0.05, 0.1) is 0 Å². The van der Waals surface area contributed by atoms with Crippen LogP contribution in [0.2, 0.25) is 0 Å². The molecule has 0 heterocycles. The first-order valence-electron chi connectivity index (χ1n) is 2.57. The summed E-state index contributed by atoms with van der Waals surface area (Å²) in [6.07, 6.45) is 6.24. The van der Waals surface area contributed by atoms with Gasteiger partial charge in [-0.05, 0) is 22.0 Å². The van der Waals surface area contributed by atoms with Crippen LogP contribution in [-0.4, -0.2) is 9.62 Å². The molecule has 0 aliphatic heterocycles. The summed E-state index contributed by atoms with van der Waals surface area (Å²) in [5.41, 5.74) is 0. The lowest BCUT2D eigenvalue weighted by molar-refractivity contribution is 0.194. The second kappa shape index (κ2) is 2.56. The van der Waals surface area contributed by atoms with Crippen molar-refractivity contribution >= 4 is 31.9 Å². The molecule has 0 bridgehead atoms. The average molecular weight is 254 g/mol. The van der Waals surface area contributed by atoms with Gasteiger partial charge in [0.2, 0.25) is 0 Å². The maximum atomic E-state index is 9.39. The molecule has 1 N–H and O–H groups in total. The summed E-state index contributed by atoms with van der Waals surface area (Å²) in [6, 6.07) is 0. The minimum atomic E-state index is -0.859. The quantitative estimate of drug-likeness (QED) is 0.657. The summed E-state index contributed by atoms with van der Waals surface area (Å²) >= 11 is 6.37. The lowest BCUT2D eigenvalue weighted by Gasteiger charge is -2.20. The molecule has 1 aliphatic carbocycles. The van der Waals surface area contributed by atoms with Crippen LogP contribution in [0, 0.1) is 0 Å². The first kappa shape index (κ1) is 7.51. The molecule has 0 aromatic heterocycles. The highest BCUT2D eigenvalue weighted by molar-refractivity contribution is 9.14. The molecule has 1 rings (SSSR count). The van der Waals surface area contributed by atoms with Gasteiger partial charge >= 0.3 is 0 Å². The van der Waals surface area contributed by atoms with E-state index in [1.54, 1.807) is 0 Å². The number of hydrogen-bond donors (Lipinski definition) is 1. The standard InChI is InChI=1S/C6H6Br2O/c7-5-3-1-2-4-6(5,8)9/h1-3,9H,4H2. The molecule has 9 heavy (non-hydrogen) atoms. The summed E-state index contributed by atoms with van der Waals surface area (Å²) in [6.45, 7) is 0. The second-order valence-electron chi connectivity index (χ2n) is 1.91. The number of halogens is 2. The van der Waals surface area contributed by atoms with Gasteiger partial charge in [-0.15, -0.1) is 0 Å². The van der Waals surface area contributed by atoms with Crippen LogP contribution in [-0.2, 0) is 0 Å². The molecule has 0 aromatic carbocycles. The Morgan fingerprint density at radius 1 is 1.67 bits per heavy atom. The third-order valence-electron chi connectivity index (χ3n) is 1.13. The van der Waals surface area contributed by atoms with E-state index in [4.69, 9.17) is 0 Å². The molecule has 1 nitrogen and oxygen atoms in total. The van der Waals surface area contributed by atoms with Crippen molar-refractivity contribution in [3.8, 4) is 0 Å². The van der Waals surface area contributed by atoms with E-state index in [0.717, 1.165) is 4.48 Å². The van der Waals surface area contributed by atoms with Crippen LogP contribution in [0.3, 0.4) is 0 Å². The fourth-order valence-corrected chi connectivity index (χ4v) is 1.24. The van der Waals surface area contributed by atoms with Crippen LogP contribution in [0.5, 0.6) is 0 Å². The average Bonchev–Trinajstić information content (AvgIpc) is 1.77. The zero-order chi connectivity index (χ0) is 6.91. The van der Waals surface area contributed by atoms with Crippen molar-refractivity contribution in [1.29, 1.82) is 0 Å². The second-order valence-corrected chi connectivity index (χ2v) is 4.07. The van der Waals surface area contributed by atoms with Crippen molar-refractivity contribution in [3.63, 3.8) is 0 Å². The van der Waals surface area contributed by atoms with Crippen molar-refractivity contribution in [2.24, 2.45) is 0 Å². The number of hydrogen-bond acceptors (Lipinski definition) is 1. The minimum absolute atomic E-state index is 0.615. The first-order chi connectivity index (χ1) is 4.13. The summed E-state index contributed by atoms with van der Waals surface area (Å²) in [4.78, 5) is 0. The molecule has 1 atom stereocenters. The van der Waals surface area contributed by atoms with Gasteiger partial charge in [-0.2, -0.15) is 0 Å². The predicted octanol–water partition coefficient (Wildman–Crippen LogP) is 2.31. The number of alkyl halides is 1. The Labute approximate surface area is 70.7 Å². The Morgan fingerprint density at radius 3 is 2.67 bits per heavy atom. The van der Waals surface area contributed by atoms with E-state index >= 15 is 0 Å². The molecule has 3 heteroatoms. The highest BCUT2D eigenvalue weighted by atomic mass is 79.9. The summed E-state index contributed by atoms with van der Waals surface area (Å²) in [5.74, 6) is 0. The van der Waals surface area contributed by atoms with Gasteiger partial charge in [-0.3, -0.25) is 0 Å². The van der Waals surface area contributed by atoms with E-state index in [0.29, 0.717) is 6.42 Å². The molecule has 1 aliphatic rings. The molecular formula is C6H6Br2O. The fourth-order valence-electron chi connectivity index (χ4n) is 0.602. The maximum absolute atomic E-state index is 9.39. The van der Waals surface area contributed by atoms with Crippen LogP contribution in [0.25, 0.3) is 0 Å². The molecule has 0 saturated heterocycles. The molecular weight excluding hydrogens is 248 g/mol. The maximum Gasteiger partial charge on any atom is 0.154 e. The van der Waals surface area contributed by atoms with Crippen molar-refractivity contribution in [2.75, 3.05) is 0 Å². The smallest absolute Gasteiger partial charge is 0.154 e. The number of aliphatic hydroxyl groups is 1. The summed E-state index contributed by atoms with van der Waals surface area (Å²) in [7, 11) is 0. The topological polar surface area (TPSA) is 20.2 Å². The van der Waals surface area contributed by atoms with Gasteiger partial charge in [0, 0.05) is 10.9 Å². The highest BCUT2D eigenvalue weighted by Gasteiger charge is 2.25. The van der Waals surface area contributed by atoms with E-state index < -0.39 is 4.51 Å². The van der Waals surface area contributed by atoms with Crippen molar-refractivity contribution in [3.05, 3.63) is 22.7 Å². The highest BCUT2D eigenvalue weighted by Crippen LogP contribution is 2.34. The Morgan fingerprint density at radius 2 is 2.33 bits per heavy atom. The Kier molecular flexibility index (Phi) is 2.14. The molecule has 0 saturated carbocycles. The molecule has 0 fully saturated rings. The SMILES string of the molecule is OC1(Br)CC=CC=C1Br. The number of rotatable bonds is 0. The normalized spacial score (nSPS) is 34.3. The van der Waals surface area contributed by atoms with Crippen LogP contribution in [0.1, 0.15) is 6.42 Å². The van der Waals surface area contributed by atoms with E-state index in [2.05, 4.69) is 31.9 Å². The van der Waals surface area contributed by atoms with Crippen LogP contribution < -0.4 is 0 Å². The Hall–Kier alpha value is 0.400. The van der Waals surface area contributed by atoms with Crippen molar-refractivity contribution < 1.29 is 5.11 Å². The zero-order valence-electron chi connectivity index (χ0n) is 4.64. The van der Waals surface area contributed by atoms with Crippen molar-refractivity contribution in [2.45, 2.75) is 10.9 Å². The lowest BCUT2D eigenvalue weighted by atomic mass is 10.1. The van der Waals surface area contributed by atoms with Gasteiger partial charge < -0.3 is 5.11 Å². The zero-order valence-corrected chi connectivity index (χ0v) is 7.81. The molecule has 1 unspecified atom stereocenters. The van der Waals surface area contributed by atoms with Gasteiger partial charge in [0.15, 0.2) is 4.51 Å². The Balaban J connectivity index is 2.83. The third-order valence-corrected chi connectivity index (χ3v) is 3.34. The third kappa shape index (κ3) is 1.66. The largest absolute Gasteiger partial charge is 0.374 e. The molecule has 0 amide bonds. The minimum Gasteiger partial charge on any atom is -0.374 e. The summed E-state index contributed by atoms with van der Waals surface area (Å²) < 4.78 is -0.0839. The van der Waals surface area contributed by atoms with Gasteiger partial charge in [-0.25, -0.2) is 0 Å². The predicted molar refractivity (Wildman–Crippen MR) is 44.6 cm³/mol. The van der Waals surface area contributed by atoms with Gasteiger partial charge in [-0.1, -0.05) is 28.1 Å². The van der Waals surface area contributed by atoms with E-state index in [1.165, 1.54) is 0 Å². The lowest BCUT2D eigenvalue weighted by Crippen LogP contribution is -2.20. The first-order valence-corrected chi connectivity index (χ1v) is 4.15. The molecule has 50 valence electrons. The van der Waals surface area contributed by atoms with Gasteiger partial charge in [0.25, 0.3) is 0 Å². The van der Waals surface area contributed by atoms with Crippen molar-refractivity contribution in [1.82, 2.24) is 0 Å². The van der Waals surface area contributed by atoms with E-state index in [-0.39, 0.29) is 0 Å². The summed E-state index contributed by atoms with van der Waals surface area (Å²) in [5, 5.41) is 9.39. The molecule has 0 radical (unpaired) electrons. The number of allylic oxidation sites excluding steroid dienone is 2. The Bertz CT molecular complexity index is 170. The van der Waals surface area contributed by atoms with E-state index in [9.17, 15) is 5.11 Å². The van der Waals surface area contributed by atoms with E-state index in [1.807, 2.05) is 18.2 Å². The van der Waals surface area contributed by atoms with Gasteiger partial charge in [0.1, 0.15) is 0 Å².